The van der Waals surface area contributed by atoms with Gasteiger partial charge in [0.1, 0.15) is 10.6 Å². The smallest absolute Gasteiger partial charge is 0.410 e. The number of carbonyl (C=O) groups excluding carboxylic acids is 1. The van der Waals surface area contributed by atoms with Crippen molar-refractivity contribution in [3.63, 3.8) is 0 Å². The first-order chi connectivity index (χ1) is 9.83. The van der Waals surface area contributed by atoms with Crippen LogP contribution in [-0.2, 0) is 4.74 Å². The number of amides is 1. The van der Waals surface area contributed by atoms with Crippen molar-refractivity contribution in [1.29, 1.82) is 0 Å². The molecule has 118 valence electrons. The number of anilines is 1. The van der Waals surface area contributed by atoms with E-state index in [2.05, 4.69) is 15.5 Å². The highest BCUT2D eigenvalue weighted by atomic mass is 32.1. The number of likely N-dealkylation sites (tertiary alicyclic amines) is 1. The van der Waals surface area contributed by atoms with Crippen LogP contribution >= 0.6 is 11.3 Å². The lowest BCUT2D eigenvalue weighted by Gasteiger charge is -2.26. The lowest BCUT2D eigenvalue weighted by atomic mass is 10.1. The Kier molecular flexibility index (Phi) is 5.03. The van der Waals surface area contributed by atoms with E-state index < -0.39 is 5.60 Å². The molecule has 1 aliphatic heterocycles. The quantitative estimate of drug-likeness (QED) is 0.909. The monoisotopic (exact) mass is 312 g/mol. The molecule has 2 heterocycles. The topological polar surface area (TPSA) is 67.4 Å². The van der Waals surface area contributed by atoms with Crippen molar-refractivity contribution in [1.82, 2.24) is 15.1 Å². The van der Waals surface area contributed by atoms with Crippen LogP contribution in [0, 0.1) is 6.92 Å². The molecule has 1 aliphatic rings. The number of rotatable bonds is 2. The maximum absolute atomic E-state index is 12.1. The highest BCUT2D eigenvalue weighted by Crippen LogP contribution is 2.20. The molecule has 1 unspecified atom stereocenters. The van der Waals surface area contributed by atoms with E-state index in [0.29, 0.717) is 12.6 Å². The summed E-state index contributed by atoms with van der Waals surface area (Å²) in [6, 6.07) is 0.338. The van der Waals surface area contributed by atoms with Crippen LogP contribution in [0.15, 0.2) is 0 Å². The minimum absolute atomic E-state index is 0.213. The molecule has 0 aliphatic carbocycles. The largest absolute Gasteiger partial charge is 0.444 e. The van der Waals surface area contributed by atoms with Crippen molar-refractivity contribution in [2.24, 2.45) is 0 Å². The fraction of sp³-hybridized carbons (Fsp3) is 0.786. The van der Waals surface area contributed by atoms with Gasteiger partial charge in [0, 0.05) is 19.1 Å². The van der Waals surface area contributed by atoms with Crippen LogP contribution in [0.4, 0.5) is 9.93 Å². The van der Waals surface area contributed by atoms with Gasteiger partial charge < -0.3 is 15.0 Å². The van der Waals surface area contributed by atoms with E-state index in [4.69, 9.17) is 4.74 Å². The summed E-state index contributed by atoms with van der Waals surface area (Å²) in [5.41, 5.74) is -0.439. The number of aryl methyl sites for hydroxylation is 1. The van der Waals surface area contributed by atoms with Crippen LogP contribution in [0.1, 0.15) is 45.0 Å². The molecule has 7 heteroatoms. The number of hydrogen-bond donors (Lipinski definition) is 1. The van der Waals surface area contributed by atoms with Crippen molar-refractivity contribution in [2.75, 3.05) is 18.4 Å². The molecule has 0 aromatic carbocycles. The highest BCUT2D eigenvalue weighted by Gasteiger charge is 2.25. The summed E-state index contributed by atoms with van der Waals surface area (Å²) in [6.07, 6.45) is 2.68. The van der Waals surface area contributed by atoms with E-state index in [1.807, 2.05) is 27.7 Å². The van der Waals surface area contributed by atoms with E-state index in [1.54, 1.807) is 16.2 Å². The van der Waals surface area contributed by atoms with E-state index >= 15 is 0 Å². The molecule has 6 nitrogen and oxygen atoms in total. The lowest BCUT2D eigenvalue weighted by molar-refractivity contribution is 0.0256. The van der Waals surface area contributed by atoms with Gasteiger partial charge in [-0.05, 0) is 47.0 Å². The summed E-state index contributed by atoms with van der Waals surface area (Å²) in [6.45, 7) is 9.09. The summed E-state index contributed by atoms with van der Waals surface area (Å²) in [4.78, 5) is 13.9. The van der Waals surface area contributed by atoms with Gasteiger partial charge in [-0.15, -0.1) is 10.2 Å². The molecule has 1 fully saturated rings. The first-order valence-corrected chi connectivity index (χ1v) is 8.20. The van der Waals surface area contributed by atoms with Gasteiger partial charge in [0.2, 0.25) is 5.13 Å². The van der Waals surface area contributed by atoms with Gasteiger partial charge >= 0.3 is 6.09 Å². The standard InChI is InChI=1S/C14H24N4O2S/c1-10-16-17-12(21-10)15-11-6-5-8-18(9-7-11)13(19)20-14(2,3)4/h11H,5-9H2,1-4H3,(H,15,17). The zero-order chi connectivity index (χ0) is 15.5. The van der Waals surface area contributed by atoms with Gasteiger partial charge in [0.15, 0.2) is 0 Å². The molecule has 1 atom stereocenters. The molecule has 0 saturated carbocycles. The van der Waals surface area contributed by atoms with E-state index in [1.165, 1.54) is 0 Å². The number of hydrogen-bond acceptors (Lipinski definition) is 6. The van der Waals surface area contributed by atoms with Crippen molar-refractivity contribution in [2.45, 2.75) is 58.6 Å². The minimum atomic E-state index is -0.439. The third-order valence-corrected chi connectivity index (χ3v) is 4.00. The predicted octanol–water partition coefficient (Wildman–Crippen LogP) is 3.05. The molecule has 1 amide bonds. The Hall–Kier alpha value is -1.37. The Morgan fingerprint density at radius 2 is 2.10 bits per heavy atom. The van der Waals surface area contributed by atoms with Gasteiger partial charge in [-0.3, -0.25) is 0 Å². The Balaban J connectivity index is 1.85. The molecule has 2 rings (SSSR count). The Bertz CT molecular complexity index is 484. The molecule has 1 aromatic heterocycles. The van der Waals surface area contributed by atoms with Gasteiger partial charge in [-0.25, -0.2) is 4.79 Å². The molecule has 0 spiro atoms. The molecule has 1 N–H and O–H groups in total. The Morgan fingerprint density at radius 3 is 2.71 bits per heavy atom. The van der Waals surface area contributed by atoms with Crippen molar-refractivity contribution >= 4 is 22.6 Å². The summed E-state index contributed by atoms with van der Waals surface area (Å²) in [7, 11) is 0. The second-order valence-electron chi connectivity index (χ2n) is 6.37. The Labute approximate surface area is 129 Å². The van der Waals surface area contributed by atoms with E-state index in [-0.39, 0.29) is 6.09 Å². The maximum atomic E-state index is 12.1. The Morgan fingerprint density at radius 1 is 1.33 bits per heavy atom. The number of nitrogens with one attached hydrogen (secondary N) is 1. The number of nitrogens with zero attached hydrogens (tertiary/aromatic N) is 3. The fourth-order valence-corrected chi connectivity index (χ4v) is 2.95. The average molecular weight is 312 g/mol. The van der Waals surface area contributed by atoms with Crippen LogP contribution in [0.5, 0.6) is 0 Å². The molecule has 1 saturated heterocycles. The van der Waals surface area contributed by atoms with Crippen LogP contribution < -0.4 is 5.32 Å². The van der Waals surface area contributed by atoms with Crippen LogP contribution in [0.25, 0.3) is 0 Å². The number of aromatic nitrogens is 2. The summed E-state index contributed by atoms with van der Waals surface area (Å²) in [5.74, 6) is 0. The highest BCUT2D eigenvalue weighted by molar-refractivity contribution is 7.15. The van der Waals surface area contributed by atoms with E-state index in [9.17, 15) is 4.79 Å². The number of ether oxygens (including phenoxy) is 1. The van der Waals surface area contributed by atoms with Gasteiger partial charge in [-0.1, -0.05) is 11.3 Å². The third kappa shape index (κ3) is 5.15. The molecule has 0 bridgehead atoms. The summed E-state index contributed by atoms with van der Waals surface area (Å²) >= 11 is 1.56. The molecule has 0 radical (unpaired) electrons. The molecule has 21 heavy (non-hydrogen) atoms. The van der Waals surface area contributed by atoms with Gasteiger partial charge in [0.25, 0.3) is 0 Å². The van der Waals surface area contributed by atoms with Gasteiger partial charge in [-0.2, -0.15) is 0 Å². The third-order valence-electron chi connectivity index (χ3n) is 3.23. The summed E-state index contributed by atoms with van der Waals surface area (Å²) in [5, 5.41) is 13.3. The normalized spacial score (nSPS) is 20.0. The number of carbonyl (C=O) groups is 1. The maximum Gasteiger partial charge on any atom is 0.410 e. The van der Waals surface area contributed by atoms with Crippen LogP contribution in [0.3, 0.4) is 0 Å². The minimum Gasteiger partial charge on any atom is -0.444 e. The van der Waals surface area contributed by atoms with Gasteiger partial charge in [0.05, 0.1) is 0 Å². The summed E-state index contributed by atoms with van der Waals surface area (Å²) < 4.78 is 5.44. The van der Waals surface area contributed by atoms with Crippen LogP contribution in [0.2, 0.25) is 0 Å². The second-order valence-corrected chi connectivity index (χ2v) is 7.55. The molecular weight excluding hydrogens is 288 g/mol. The second kappa shape index (κ2) is 6.60. The SMILES string of the molecule is Cc1nnc(NC2CCCN(C(=O)OC(C)(C)C)CC2)s1. The van der Waals surface area contributed by atoms with Crippen molar-refractivity contribution in [3.8, 4) is 0 Å². The zero-order valence-electron chi connectivity index (χ0n) is 13.2. The average Bonchev–Trinajstić information content (AvgIpc) is 2.62. The first kappa shape index (κ1) is 16.0. The molecule has 1 aromatic rings. The first-order valence-electron chi connectivity index (χ1n) is 7.38. The lowest BCUT2D eigenvalue weighted by Crippen LogP contribution is -2.37. The van der Waals surface area contributed by atoms with Crippen molar-refractivity contribution in [3.05, 3.63) is 5.01 Å². The van der Waals surface area contributed by atoms with Crippen LogP contribution in [-0.4, -0.2) is 45.9 Å². The zero-order valence-corrected chi connectivity index (χ0v) is 14.0. The molecular formula is C14H24N4O2S. The van der Waals surface area contributed by atoms with Crippen molar-refractivity contribution < 1.29 is 9.53 Å². The van der Waals surface area contributed by atoms with E-state index in [0.717, 1.165) is 35.9 Å². The fourth-order valence-electron chi connectivity index (χ4n) is 2.28. The predicted molar refractivity (Wildman–Crippen MR) is 83.7 cm³/mol.